The summed E-state index contributed by atoms with van der Waals surface area (Å²) in [5.41, 5.74) is 2.73. The number of nitrogens with zero attached hydrogens (tertiary/aromatic N) is 2. The van der Waals surface area contributed by atoms with Gasteiger partial charge < -0.3 is 4.42 Å². The van der Waals surface area contributed by atoms with Crippen LogP contribution in [0.4, 0.5) is 0 Å². The Hall–Kier alpha value is -1.63. The van der Waals surface area contributed by atoms with E-state index in [1.54, 1.807) is 6.07 Å². The minimum atomic E-state index is -3.50. The molecule has 22 heavy (non-hydrogen) atoms. The zero-order valence-electron chi connectivity index (χ0n) is 12.8. The van der Waals surface area contributed by atoms with E-state index in [1.807, 2.05) is 0 Å². The molecule has 0 spiro atoms. The highest BCUT2D eigenvalue weighted by atomic mass is 32.2. The van der Waals surface area contributed by atoms with Crippen LogP contribution in [0.5, 0.6) is 0 Å². The van der Waals surface area contributed by atoms with Gasteiger partial charge >= 0.3 is 0 Å². The third-order valence-corrected chi connectivity index (χ3v) is 5.65. The van der Waals surface area contributed by atoms with Crippen LogP contribution >= 0.6 is 0 Å². The van der Waals surface area contributed by atoms with Crippen molar-refractivity contribution in [3.8, 4) is 0 Å². The second kappa shape index (κ2) is 5.87. The van der Waals surface area contributed by atoms with E-state index in [2.05, 4.69) is 29.2 Å². The highest BCUT2D eigenvalue weighted by Gasteiger charge is 2.23. The third-order valence-electron chi connectivity index (χ3n) is 3.96. The predicted octanol–water partition coefficient (Wildman–Crippen LogP) is 2.09. The monoisotopic (exact) mass is 320 g/mol. The Morgan fingerprint density at radius 2 is 1.86 bits per heavy atom. The number of hydrogen-bond acceptors (Lipinski definition) is 4. The van der Waals surface area contributed by atoms with Gasteiger partial charge in [-0.05, 0) is 29.7 Å². The lowest BCUT2D eigenvalue weighted by atomic mass is 10.00. The largest absolute Gasteiger partial charge is 0.447 e. The van der Waals surface area contributed by atoms with E-state index in [1.165, 1.54) is 31.3 Å². The lowest BCUT2D eigenvalue weighted by Crippen LogP contribution is -2.29. The SMILES string of the molecule is CN(C)S(=O)(=O)c1ccc(CN2CCc3ccccc3C2)o1. The van der Waals surface area contributed by atoms with E-state index >= 15 is 0 Å². The molecule has 5 nitrogen and oxygen atoms in total. The van der Waals surface area contributed by atoms with Gasteiger partial charge in [0.05, 0.1) is 6.54 Å². The van der Waals surface area contributed by atoms with Crippen molar-refractivity contribution in [2.75, 3.05) is 20.6 Å². The zero-order valence-corrected chi connectivity index (χ0v) is 13.6. The number of fused-ring (bicyclic) bond motifs is 1. The Labute approximate surface area is 131 Å². The molecular formula is C16H20N2O3S. The summed E-state index contributed by atoms with van der Waals surface area (Å²) in [6, 6.07) is 11.7. The maximum Gasteiger partial charge on any atom is 0.275 e. The van der Waals surface area contributed by atoms with E-state index in [0.717, 1.165) is 23.8 Å². The number of benzene rings is 1. The molecule has 0 fully saturated rings. The summed E-state index contributed by atoms with van der Waals surface area (Å²) in [6.45, 7) is 2.44. The minimum Gasteiger partial charge on any atom is -0.447 e. The fraction of sp³-hybridized carbons (Fsp3) is 0.375. The summed E-state index contributed by atoms with van der Waals surface area (Å²) in [5.74, 6) is 0.680. The van der Waals surface area contributed by atoms with Crippen molar-refractivity contribution in [2.24, 2.45) is 0 Å². The van der Waals surface area contributed by atoms with Crippen LogP contribution in [0.15, 0.2) is 45.9 Å². The molecule has 0 bridgehead atoms. The Balaban J connectivity index is 1.72. The quantitative estimate of drug-likeness (QED) is 0.865. The second-order valence-corrected chi connectivity index (χ2v) is 7.82. The number of furan rings is 1. The lowest BCUT2D eigenvalue weighted by Gasteiger charge is -2.27. The van der Waals surface area contributed by atoms with Crippen molar-refractivity contribution in [2.45, 2.75) is 24.6 Å². The average molecular weight is 320 g/mol. The molecule has 0 radical (unpaired) electrons. The molecule has 0 saturated carbocycles. The average Bonchev–Trinajstić information content (AvgIpc) is 2.96. The molecule has 0 N–H and O–H groups in total. The van der Waals surface area contributed by atoms with E-state index in [9.17, 15) is 8.42 Å². The first-order chi connectivity index (χ1) is 10.5. The molecular weight excluding hydrogens is 300 g/mol. The molecule has 2 aromatic rings. The minimum absolute atomic E-state index is 0.00455. The van der Waals surface area contributed by atoms with Crippen molar-refractivity contribution in [1.82, 2.24) is 9.21 Å². The molecule has 0 saturated heterocycles. The molecule has 1 aromatic carbocycles. The molecule has 0 atom stereocenters. The van der Waals surface area contributed by atoms with Gasteiger partial charge in [-0.15, -0.1) is 0 Å². The van der Waals surface area contributed by atoms with Gasteiger partial charge in [0, 0.05) is 27.2 Å². The van der Waals surface area contributed by atoms with E-state index in [-0.39, 0.29) is 5.09 Å². The van der Waals surface area contributed by atoms with Crippen LogP contribution in [0.25, 0.3) is 0 Å². The lowest BCUT2D eigenvalue weighted by molar-refractivity contribution is 0.219. The number of rotatable bonds is 4. The maximum absolute atomic E-state index is 12.0. The van der Waals surface area contributed by atoms with Crippen LogP contribution in [-0.4, -0.2) is 38.3 Å². The van der Waals surface area contributed by atoms with Crippen molar-refractivity contribution < 1.29 is 12.8 Å². The Morgan fingerprint density at radius 1 is 1.14 bits per heavy atom. The van der Waals surface area contributed by atoms with Gasteiger partial charge in [-0.2, -0.15) is 0 Å². The van der Waals surface area contributed by atoms with Crippen molar-refractivity contribution in [1.29, 1.82) is 0 Å². The fourth-order valence-electron chi connectivity index (χ4n) is 2.67. The van der Waals surface area contributed by atoms with Gasteiger partial charge in [-0.25, -0.2) is 12.7 Å². The van der Waals surface area contributed by atoms with Crippen LogP contribution in [0.1, 0.15) is 16.9 Å². The van der Waals surface area contributed by atoms with Gasteiger partial charge in [-0.1, -0.05) is 24.3 Å². The Morgan fingerprint density at radius 3 is 2.59 bits per heavy atom. The van der Waals surface area contributed by atoms with Crippen LogP contribution in [0, 0.1) is 0 Å². The topological polar surface area (TPSA) is 53.8 Å². The highest BCUT2D eigenvalue weighted by molar-refractivity contribution is 7.88. The van der Waals surface area contributed by atoms with Gasteiger partial charge in [0.2, 0.25) is 5.09 Å². The van der Waals surface area contributed by atoms with Crippen LogP contribution < -0.4 is 0 Å². The zero-order chi connectivity index (χ0) is 15.7. The van der Waals surface area contributed by atoms with Crippen LogP contribution in [-0.2, 0) is 29.5 Å². The Kier molecular flexibility index (Phi) is 4.08. The van der Waals surface area contributed by atoms with Crippen molar-refractivity contribution in [3.63, 3.8) is 0 Å². The maximum atomic E-state index is 12.0. The van der Waals surface area contributed by atoms with E-state index in [4.69, 9.17) is 4.42 Å². The highest BCUT2D eigenvalue weighted by Crippen LogP contribution is 2.22. The summed E-state index contributed by atoms with van der Waals surface area (Å²) in [7, 11) is -0.499. The van der Waals surface area contributed by atoms with Crippen molar-refractivity contribution >= 4 is 10.0 Å². The molecule has 0 aliphatic carbocycles. The van der Waals surface area contributed by atoms with E-state index < -0.39 is 10.0 Å². The predicted molar refractivity (Wildman–Crippen MR) is 83.8 cm³/mol. The van der Waals surface area contributed by atoms with Crippen LogP contribution in [0.3, 0.4) is 0 Å². The summed E-state index contributed by atoms with van der Waals surface area (Å²) >= 11 is 0. The summed E-state index contributed by atoms with van der Waals surface area (Å²) in [5, 5.41) is 0.00455. The van der Waals surface area contributed by atoms with Gasteiger partial charge in [0.15, 0.2) is 0 Å². The molecule has 0 unspecified atom stereocenters. The molecule has 118 valence electrons. The van der Waals surface area contributed by atoms with Gasteiger partial charge in [0.25, 0.3) is 10.0 Å². The summed E-state index contributed by atoms with van der Waals surface area (Å²) in [6.07, 6.45) is 1.01. The number of hydrogen-bond donors (Lipinski definition) is 0. The molecule has 1 aromatic heterocycles. The second-order valence-electron chi connectivity index (χ2n) is 5.74. The number of sulfonamides is 1. The molecule has 6 heteroatoms. The Bertz CT molecular complexity index is 765. The first-order valence-electron chi connectivity index (χ1n) is 7.27. The standard InChI is InChI=1S/C16H20N2O3S/c1-17(2)22(19,20)16-8-7-15(21-16)12-18-10-9-13-5-3-4-6-14(13)11-18/h3-8H,9-12H2,1-2H3. The van der Waals surface area contributed by atoms with Gasteiger partial charge in [-0.3, -0.25) is 4.90 Å². The molecule has 0 amide bonds. The van der Waals surface area contributed by atoms with Gasteiger partial charge in [0.1, 0.15) is 5.76 Å². The molecule has 1 aliphatic heterocycles. The molecule has 1 aliphatic rings. The smallest absolute Gasteiger partial charge is 0.275 e. The third kappa shape index (κ3) is 2.95. The summed E-state index contributed by atoms with van der Waals surface area (Å²) in [4.78, 5) is 2.27. The summed E-state index contributed by atoms with van der Waals surface area (Å²) < 4.78 is 30.7. The molecule has 3 rings (SSSR count). The fourth-order valence-corrected chi connectivity index (χ4v) is 3.48. The normalized spacial score (nSPS) is 16.0. The van der Waals surface area contributed by atoms with Crippen LogP contribution in [0.2, 0.25) is 0 Å². The van der Waals surface area contributed by atoms with E-state index in [0.29, 0.717) is 12.3 Å². The van der Waals surface area contributed by atoms with Crippen molar-refractivity contribution in [3.05, 3.63) is 53.3 Å². The first kappa shape index (κ1) is 15.3. The molecule has 2 heterocycles. The first-order valence-corrected chi connectivity index (χ1v) is 8.71.